The van der Waals surface area contributed by atoms with E-state index in [0.717, 1.165) is 17.4 Å². The second kappa shape index (κ2) is 6.24. The van der Waals surface area contributed by atoms with Crippen molar-refractivity contribution in [3.63, 3.8) is 0 Å². The second-order valence-electron chi connectivity index (χ2n) is 4.13. The van der Waals surface area contributed by atoms with Gasteiger partial charge in [0, 0.05) is 11.4 Å². The Balaban J connectivity index is 2.30. The van der Waals surface area contributed by atoms with Crippen molar-refractivity contribution in [1.82, 2.24) is 0 Å². The van der Waals surface area contributed by atoms with Crippen molar-refractivity contribution < 1.29 is 27.8 Å². The molecule has 0 radical (unpaired) electrons. The number of ether oxygens (including phenoxy) is 2. The maximum atomic E-state index is 12.2. The molecule has 2 rings (SSSR count). The number of carbonyl (C=O) groups is 1. The fourth-order valence-corrected chi connectivity index (χ4v) is 3.88. The average Bonchev–Trinajstić information content (AvgIpc) is 2.97. The van der Waals surface area contributed by atoms with Crippen LogP contribution in [0.15, 0.2) is 33.9 Å². The maximum absolute atomic E-state index is 12.2. The highest BCUT2D eigenvalue weighted by atomic mass is 32.2. The number of hydrogen-bond donors (Lipinski definition) is 2. The van der Waals surface area contributed by atoms with Gasteiger partial charge in [-0.2, -0.15) is 0 Å². The molecule has 0 aliphatic heterocycles. The number of rotatable bonds is 6. The average molecular weight is 343 g/mol. The van der Waals surface area contributed by atoms with Crippen LogP contribution in [0.5, 0.6) is 11.5 Å². The largest absolute Gasteiger partial charge is 0.493 e. The van der Waals surface area contributed by atoms with E-state index in [0.29, 0.717) is 11.5 Å². The van der Waals surface area contributed by atoms with Gasteiger partial charge in [-0.15, -0.1) is 11.3 Å². The molecule has 0 bridgehead atoms. The van der Waals surface area contributed by atoms with Crippen LogP contribution in [0.3, 0.4) is 0 Å². The van der Waals surface area contributed by atoms with Crippen molar-refractivity contribution in [3.05, 3.63) is 35.2 Å². The van der Waals surface area contributed by atoms with Crippen LogP contribution in [0.25, 0.3) is 0 Å². The van der Waals surface area contributed by atoms with Gasteiger partial charge in [0.2, 0.25) is 0 Å². The van der Waals surface area contributed by atoms with Gasteiger partial charge in [-0.3, -0.25) is 4.72 Å². The molecule has 0 saturated carbocycles. The van der Waals surface area contributed by atoms with E-state index in [1.807, 2.05) is 0 Å². The summed E-state index contributed by atoms with van der Waals surface area (Å²) in [7, 11) is -0.950. The molecular formula is C13H13NO6S2. The predicted octanol–water partition coefficient (Wildman–Crippen LogP) is 2.26. The summed E-state index contributed by atoms with van der Waals surface area (Å²) in [6.45, 7) is 0. The smallest absolute Gasteiger partial charge is 0.336 e. The molecule has 2 aromatic rings. The van der Waals surface area contributed by atoms with E-state index >= 15 is 0 Å². The normalized spacial score (nSPS) is 11.0. The van der Waals surface area contributed by atoms with Gasteiger partial charge in [0.1, 0.15) is 4.21 Å². The standard InChI is InChI=1S/C13H13NO6S2/c1-19-10-4-3-9(6-11(10)20-2)14-22(17,18)12-5-8(7-21-12)13(15)16/h3-7,14H,1-2H3,(H,15,16). The Morgan fingerprint density at radius 2 is 1.86 bits per heavy atom. The highest BCUT2D eigenvalue weighted by Crippen LogP contribution is 2.31. The number of anilines is 1. The summed E-state index contributed by atoms with van der Waals surface area (Å²) in [5, 5.41) is 10.1. The van der Waals surface area contributed by atoms with Crippen molar-refractivity contribution in [3.8, 4) is 11.5 Å². The number of methoxy groups -OCH3 is 2. The van der Waals surface area contributed by atoms with Crippen LogP contribution in [0, 0.1) is 0 Å². The van der Waals surface area contributed by atoms with Gasteiger partial charge in [0.25, 0.3) is 10.0 Å². The van der Waals surface area contributed by atoms with Crippen LogP contribution in [0.2, 0.25) is 0 Å². The number of thiophene rings is 1. The Hall–Kier alpha value is -2.26. The second-order valence-corrected chi connectivity index (χ2v) is 6.96. The summed E-state index contributed by atoms with van der Waals surface area (Å²) in [6, 6.07) is 5.66. The van der Waals surface area contributed by atoms with Gasteiger partial charge < -0.3 is 14.6 Å². The number of benzene rings is 1. The molecule has 2 N–H and O–H groups in total. The maximum Gasteiger partial charge on any atom is 0.336 e. The Labute approximate surface area is 131 Å². The lowest BCUT2D eigenvalue weighted by Crippen LogP contribution is -2.11. The third-order valence-corrected chi connectivity index (χ3v) is 5.54. The van der Waals surface area contributed by atoms with Gasteiger partial charge in [0.15, 0.2) is 11.5 Å². The molecule has 1 heterocycles. The van der Waals surface area contributed by atoms with Crippen molar-refractivity contribution in [2.24, 2.45) is 0 Å². The third kappa shape index (κ3) is 3.31. The van der Waals surface area contributed by atoms with E-state index in [-0.39, 0.29) is 15.5 Å². The first kappa shape index (κ1) is 16.1. The first-order chi connectivity index (χ1) is 10.4. The number of nitrogens with one attached hydrogen (secondary N) is 1. The predicted molar refractivity (Wildman–Crippen MR) is 81.6 cm³/mol. The molecule has 0 unspecified atom stereocenters. The molecule has 118 valence electrons. The first-order valence-corrected chi connectivity index (χ1v) is 8.30. The van der Waals surface area contributed by atoms with Gasteiger partial charge in [-0.1, -0.05) is 0 Å². The van der Waals surface area contributed by atoms with E-state index in [9.17, 15) is 13.2 Å². The Bertz CT molecular complexity index is 797. The number of carboxylic acids is 1. The quantitative estimate of drug-likeness (QED) is 0.834. The lowest BCUT2D eigenvalue weighted by atomic mass is 10.3. The monoisotopic (exact) mass is 343 g/mol. The summed E-state index contributed by atoms with van der Waals surface area (Å²) < 4.78 is 36.9. The molecule has 22 heavy (non-hydrogen) atoms. The molecule has 0 aliphatic carbocycles. The fourth-order valence-electron chi connectivity index (χ4n) is 1.67. The van der Waals surface area contributed by atoms with Crippen molar-refractivity contribution in [2.45, 2.75) is 4.21 Å². The minimum absolute atomic E-state index is 0.0716. The molecule has 0 fully saturated rings. The van der Waals surface area contributed by atoms with Gasteiger partial charge in [-0.05, 0) is 18.2 Å². The van der Waals surface area contributed by atoms with Crippen LogP contribution in [0.1, 0.15) is 10.4 Å². The van der Waals surface area contributed by atoms with Crippen LogP contribution in [0.4, 0.5) is 5.69 Å². The molecule has 0 amide bonds. The van der Waals surface area contributed by atoms with Crippen molar-refractivity contribution in [2.75, 3.05) is 18.9 Å². The van der Waals surface area contributed by atoms with Crippen LogP contribution >= 0.6 is 11.3 Å². The number of hydrogen-bond acceptors (Lipinski definition) is 6. The van der Waals surface area contributed by atoms with Gasteiger partial charge in [-0.25, -0.2) is 13.2 Å². The van der Waals surface area contributed by atoms with E-state index in [1.54, 1.807) is 6.07 Å². The molecule has 0 saturated heterocycles. The van der Waals surface area contributed by atoms with E-state index in [1.165, 1.54) is 31.7 Å². The van der Waals surface area contributed by atoms with Crippen molar-refractivity contribution in [1.29, 1.82) is 0 Å². The summed E-state index contributed by atoms with van der Waals surface area (Å²) >= 11 is 0.834. The Morgan fingerprint density at radius 3 is 2.41 bits per heavy atom. The summed E-state index contributed by atoms with van der Waals surface area (Å²) in [4.78, 5) is 10.8. The molecule has 0 atom stereocenters. The number of sulfonamides is 1. The molecule has 0 aliphatic rings. The van der Waals surface area contributed by atoms with Crippen LogP contribution in [-0.4, -0.2) is 33.7 Å². The Morgan fingerprint density at radius 1 is 1.18 bits per heavy atom. The molecule has 9 heteroatoms. The minimum atomic E-state index is -3.86. The first-order valence-electron chi connectivity index (χ1n) is 5.94. The lowest BCUT2D eigenvalue weighted by molar-refractivity contribution is 0.0697. The summed E-state index contributed by atoms with van der Waals surface area (Å²) in [6.07, 6.45) is 0. The Kier molecular flexibility index (Phi) is 4.57. The highest BCUT2D eigenvalue weighted by molar-refractivity contribution is 7.94. The topological polar surface area (TPSA) is 102 Å². The number of carboxylic acid groups (broad SMARTS) is 1. The minimum Gasteiger partial charge on any atom is -0.493 e. The summed E-state index contributed by atoms with van der Waals surface area (Å²) in [5.41, 5.74) is 0.209. The van der Waals surface area contributed by atoms with E-state index < -0.39 is 16.0 Å². The van der Waals surface area contributed by atoms with Crippen molar-refractivity contribution >= 4 is 33.0 Å². The lowest BCUT2D eigenvalue weighted by Gasteiger charge is -2.11. The molecule has 1 aromatic heterocycles. The fraction of sp³-hybridized carbons (Fsp3) is 0.154. The zero-order valence-electron chi connectivity index (χ0n) is 11.7. The zero-order valence-corrected chi connectivity index (χ0v) is 13.3. The molecular weight excluding hydrogens is 330 g/mol. The van der Waals surface area contributed by atoms with Crippen LogP contribution < -0.4 is 14.2 Å². The van der Waals surface area contributed by atoms with Gasteiger partial charge >= 0.3 is 5.97 Å². The van der Waals surface area contributed by atoms with Gasteiger partial charge in [0.05, 0.1) is 25.5 Å². The summed E-state index contributed by atoms with van der Waals surface area (Å²) in [5.74, 6) is -0.335. The SMILES string of the molecule is COc1ccc(NS(=O)(=O)c2cc(C(=O)O)cs2)cc1OC. The highest BCUT2D eigenvalue weighted by Gasteiger charge is 2.19. The molecule has 7 nitrogen and oxygen atoms in total. The van der Waals surface area contributed by atoms with E-state index in [4.69, 9.17) is 14.6 Å². The van der Waals surface area contributed by atoms with E-state index in [2.05, 4.69) is 4.72 Å². The van der Waals surface area contributed by atoms with Crippen LogP contribution in [-0.2, 0) is 10.0 Å². The molecule has 0 spiro atoms. The third-order valence-electron chi connectivity index (χ3n) is 2.72. The number of aromatic carboxylic acids is 1. The molecule has 1 aromatic carbocycles. The zero-order chi connectivity index (χ0) is 16.3.